The SMILES string of the molecule is O=C(CSc1nnc(NCc2ccco2)s1)N1c2ccccc2SCC1c1ccccc1. The molecule has 162 valence electrons. The summed E-state index contributed by atoms with van der Waals surface area (Å²) in [7, 11) is 0. The second-order valence-electron chi connectivity index (χ2n) is 7.06. The van der Waals surface area contributed by atoms with Gasteiger partial charge in [0.2, 0.25) is 11.0 Å². The van der Waals surface area contributed by atoms with E-state index in [0.717, 1.165) is 32.0 Å². The molecule has 32 heavy (non-hydrogen) atoms. The molecule has 0 radical (unpaired) electrons. The summed E-state index contributed by atoms with van der Waals surface area (Å²) in [6.07, 6.45) is 1.64. The molecule has 1 aliphatic heterocycles. The predicted octanol–water partition coefficient (Wildman–Crippen LogP) is 5.72. The lowest BCUT2D eigenvalue weighted by Crippen LogP contribution is -2.39. The number of rotatable bonds is 7. The summed E-state index contributed by atoms with van der Waals surface area (Å²) in [5.74, 6) is 2.03. The van der Waals surface area contributed by atoms with Gasteiger partial charge in [0.25, 0.3) is 0 Å². The van der Waals surface area contributed by atoms with Gasteiger partial charge in [-0.15, -0.1) is 22.0 Å². The Morgan fingerprint density at radius 3 is 2.78 bits per heavy atom. The van der Waals surface area contributed by atoms with Crippen LogP contribution in [-0.4, -0.2) is 27.6 Å². The van der Waals surface area contributed by atoms with Gasteiger partial charge >= 0.3 is 0 Å². The number of hydrogen-bond donors (Lipinski definition) is 1. The molecule has 0 fully saturated rings. The van der Waals surface area contributed by atoms with E-state index in [9.17, 15) is 4.79 Å². The number of carbonyl (C=O) groups excluding carboxylic acids is 1. The number of furan rings is 1. The first-order chi connectivity index (χ1) is 15.8. The van der Waals surface area contributed by atoms with Gasteiger partial charge in [-0.2, -0.15) is 0 Å². The Morgan fingerprint density at radius 1 is 1.09 bits per heavy atom. The van der Waals surface area contributed by atoms with Crippen LogP contribution >= 0.6 is 34.9 Å². The molecule has 1 atom stereocenters. The van der Waals surface area contributed by atoms with Gasteiger partial charge in [-0.3, -0.25) is 4.79 Å². The van der Waals surface area contributed by atoms with Crippen molar-refractivity contribution >= 4 is 51.6 Å². The molecular weight excluding hydrogens is 460 g/mol. The maximum Gasteiger partial charge on any atom is 0.238 e. The van der Waals surface area contributed by atoms with Crippen LogP contribution in [0.5, 0.6) is 0 Å². The minimum absolute atomic E-state index is 0.00384. The first-order valence-electron chi connectivity index (χ1n) is 10.1. The third kappa shape index (κ3) is 4.69. The Bertz CT molecular complexity index is 1180. The molecule has 0 saturated carbocycles. The summed E-state index contributed by atoms with van der Waals surface area (Å²) in [4.78, 5) is 16.5. The molecular formula is C23H20N4O2S3. The fourth-order valence-electron chi connectivity index (χ4n) is 3.53. The van der Waals surface area contributed by atoms with Crippen LogP contribution in [0, 0.1) is 0 Å². The van der Waals surface area contributed by atoms with Crippen LogP contribution in [0.25, 0.3) is 0 Å². The van der Waals surface area contributed by atoms with E-state index in [1.165, 1.54) is 23.1 Å². The highest BCUT2D eigenvalue weighted by atomic mass is 32.2. The molecule has 9 heteroatoms. The average Bonchev–Trinajstić information content (AvgIpc) is 3.53. The van der Waals surface area contributed by atoms with Crippen LogP contribution in [0.4, 0.5) is 10.8 Å². The van der Waals surface area contributed by atoms with Gasteiger partial charge in [-0.05, 0) is 29.8 Å². The molecule has 0 aliphatic carbocycles. The molecule has 2 aromatic carbocycles. The zero-order chi connectivity index (χ0) is 21.8. The monoisotopic (exact) mass is 480 g/mol. The van der Waals surface area contributed by atoms with E-state index in [-0.39, 0.29) is 11.9 Å². The summed E-state index contributed by atoms with van der Waals surface area (Å²) in [5.41, 5.74) is 2.12. The Morgan fingerprint density at radius 2 is 1.94 bits per heavy atom. The molecule has 1 aliphatic rings. The van der Waals surface area contributed by atoms with Gasteiger partial charge in [0.05, 0.1) is 30.3 Å². The van der Waals surface area contributed by atoms with Crippen LogP contribution in [-0.2, 0) is 11.3 Å². The zero-order valence-corrected chi connectivity index (χ0v) is 19.5. The van der Waals surface area contributed by atoms with Crippen molar-refractivity contribution in [3.63, 3.8) is 0 Å². The maximum atomic E-state index is 13.4. The molecule has 1 N–H and O–H groups in total. The van der Waals surface area contributed by atoms with Crippen molar-refractivity contribution in [2.75, 3.05) is 21.7 Å². The first-order valence-corrected chi connectivity index (χ1v) is 12.9. The van der Waals surface area contributed by atoms with Crippen LogP contribution < -0.4 is 10.2 Å². The minimum atomic E-state index is 0.00384. The number of thioether (sulfide) groups is 2. The van der Waals surface area contributed by atoms with E-state index in [0.29, 0.717) is 17.4 Å². The number of aromatic nitrogens is 2. The summed E-state index contributed by atoms with van der Waals surface area (Å²) >= 11 is 4.66. The van der Waals surface area contributed by atoms with E-state index in [1.54, 1.807) is 18.0 Å². The van der Waals surface area contributed by atoms with Gasteiger partial charge in [0.1, 0.15) is 5.76 Å². The van der Waals surface area contributed by atoms with Crippen LogP contribution in [0.15, 0.2) is 86.6 Å². The largest absolute Gasteiger partial charge is 0.467 e. The fourth-order valence-corrected chi connectivity index (χ4v) is 6.30. The maximum absolute atomic E-state index is 13.4. The third-order valence-electron chi connectivity index (χ3n) is 5.01. The highest BCUT2D eigenvalue weighted by Gasteiger charge is 2.32. The van der Waals surface area contributed by atoms with Crippen molar-refractivity contribution in [1.82, 2.24) is 10.2 Å². The van der Waals surface area contributed by atoms with Crippen LogP contribution in [0.1, 0.15) is 17.4 Å². The predicted molar refractivity (Wildman–Crippen MR) is 131 cm³/mol. The van der Waals surface area contributed by atoms with Crippen LogP contribution in [0.2, 0.25) is 0 Å². The van der Waals surface area contributed by atoms with Crippen molar-refractivity contribution in [1.29, 1.82) is 0 Å². The molecule has 1 amide bonds. The highest BCUT2D eigenvalue weighted by molar-refractivity contribution is 8.01. The summed E-state index contributed by atoms with van der Waals surface area (Å²) in [5, 5.41) is 12.3. The Kier molecular flexibility index (Phi) is 6.47. The normalized spacial score (nSPS) is 15.4. The van der Waals surface area contributed by atoms with Crippen LogP contribution in [0.3, 0.4) is 0 Å². The summed E-state index contributed by atoms with van der Waals surface area (Å²) in [6, 6.07) is 22.1. The average molecular weight is 481 g/mol. The van der Waals surface area contributed by atoms with E-state index in [1.807, 2.05) is 53.4 Å². The van der Waals surface area contributed by atoms with Crippen molar-refractivity contribution in [2.45, 2.75) is 21.8 Å². The smallest absolute Gasteiger partial charge is 0.238 e. The number of hydrogen-bond acceptors (Lipinski definition) is 8. The number of carbonyl (C=O) groups is 1. The molecule has 4 aromatic rings. The van der Waals surface area contributed by atoms with E-state index in [4.69, 9.17) is 4.42 Å². The Balaban J connectivity index is 1.29. The number of anilines is 2. The van der Waals surface area contributed by atoms with Gasteiger partial charge in [-0.25, -0.2) is 0 Å². The topological polar surface area (TPSA) is 71.3 Å². The second kappa shape index (κ2) is 9.81. The standard InChI is InChI=1S/C23H20N4O2S3/c28-21(15-31-23-26-25-22(32-23)24-13-17-9-6-12-29-17)27-18-10-4-5-11-20(18)30-14-19(27)16-7-2-1-3-8-16/h1-12,19H,13-15H2,(H,24,25). The molecule has 3 heterocycles. The number of nitrogens with one attached hydrogen (secondary N) is 1. The number of para-hydroxylation sites is 1. The lowest BCUT2D eigenvalue weighted by Gasteiger charge is -2.37. The first kappa shape index (κ1) is 21.1. The van der Waals surface area contributed by atoms with Gasteiger partial charge in [0.15, 0.2) is 4.34 Å². The zero-order valence-electron chi connectivity index (χ0n) is 17.0. The molecule has 0 bridgehead atoms. The van der Waals surface area contributed by atoms with E-state index < -0.39 is 0 Å². The van der Waals surface area contributed by atoms with Crippen molar-refractivity contribution in [3.05, 3.63) is 84.3 Å². The van der Waals surface area contributed by atoms with E-state index in [2.05, 4.69) is 33.7 Å². The lowest BCUT2D eigenvalue weighted by atomic mass is 10.1. The molecule has 0 saturated heterocycles. The molecule has 5 rings (SSSR count). The fraction of sp³-hybridized carbons (Fsp3) is 0.174. The molecule has 1 unspecified atom stereocenters. The highest BCUT2D eigenvalue weighted by Crippen LogP contribution is 2.43. The molecule has 0 spiro atoms. The van der Waals surface area contributed by atoms with Gasteiger partial charge in [0, 0.05) is 10.6 Å². The summed E-state index contributed by atoms with van der Waals surface area (Å²) < 4.78 is 6.08. The minimum Gasteiger partial charge on any atom is -0.467 e. The molecule has 6 nitrogen and oxygen atoms in total. The van der Waals surface area contributed by atoms with E-state index >= 15 is 0 Å². The third-order valence-corrected chi connectivity index (χ3v) is 8.14. The second-order valence-corrected chi connectivity index (χ2v) is 10.3. The Hall–Kier alpha value is -2.75. The van der Waals surface area contributed by atoms with Gasteiger partial charge in [-0.1, -0.05) is 65.6 Å². The lowest BCUT2D eigenvalue weighted by molar-refractivity contribution is -0.116. The quantitative estimate of drug-likeness (QED) is 0.339. The number of amides is 1. The van der Waals surface area contributed by atoms with Crippen molar-refractivity contribution < 1.29 is 9.21 Å². The number of benzene rings is 2. The van der Waals surface area contributed by atoms with Crippen molar-refractivity contribution in [2.24, 2.45) is 0 Å². The number of fused-ring (bicyclic) bond motifs is 1. The number of nitrogens with zero attached hydrogens (tertiary/aromatic N) is 3. The summed E-state index contributed by atoms with van der Waals surface area (Å²) in [6.45, 7) is 0.548. The Labute approximate surface area is 198 Å². The van der Waals surface area contributed by atoms with Gasteiger partial charge < -0.3 is 14.6 Å². The van der Waals surface area contributed by atoms with Crippen molar-refractivity contribution in [3.8, 4) is 0 Å². The molecule has 2 aromatic heterocycles.